The molecule has 4 bridgehead atoms. The van der Waals surface area contributed by atoms with Crippen LogP contribution in [0.3, 0.4) is 0 Å². The maximum Gasteiger partial charge on any atom is 0.261 e. The van der Waals surface area contributed by atoms with Gasteiger partial charge in [0.15, 0.2) is 0 Å². The second-order valence-electron chi connectivity index (χ2n) is 10.7. The molecule has 0 saturated heterocycles. The van der Waals surface area contributed by atoms with Crippen LogP contribution in [0, 0.1) is 30.1 Å². The lowest BCUT2D eigenvalue weighted by Crippen LogP contribution is -2.55. The summed E-state index contributed by atoms with van der Waals surface area (Å²) < 4.78 is 2.01. The standard InChI is InChI=1S/C26H30ClN3OS/c1-15-22-10-23(32-25(22)30(29-15)14-17-3-5-21(27)6-4-17)24(31)28-16(2)26-11-18-7-19(12-26)9-20(8-18)13-26/h3-6,10,16,18-20H,7-9,11-14H2,1-2H3,(H,28,31). The highest BCUT2D eigenvalue weighted by Crippen LogP contribution is 2.61. The number of hydrogen-bond acceptors (Lipinski definition) is 3. The van der Waals surface area contributed by atoms with Crippen LogP contribution < -0.4 is 5.32 Å². The number of nitrogens with zero attached hydrogens (tertiary/aromatic N) is 2. The Bertz CT molecular complexity index is 1140. The van der Waals surface area contributed by atoms with Gasteiger partial charge in [-0.15, -0.1) is 11.3 Å². The number of amides is 1. The molecule has 168 valence electrons. The average molecular weight is 468 g/mol. The van der Waals surface area contributed by atoms with Crippen LogP contribution >= 0.6 is 22.9 Å². The maximum absolute atomic E-state index is 13.3. The van der Waals surface area contributed by atoms with Gasteiger partial charge in [0.05, 0.1) is 17.1 Å². The normalized spacial score (nSPS) is 29.5. The van der Waals surface area contributed by atoms with E-state index in [1.54, 1.807) is 11.3 Å². The van der Waals surface area contributed by atoms with Crippen molar-refractivity contribution in [1.29, 1.82) is 0 Å². The van der Waals surface area contributed by atoms with E-state index in [1.165, 1.54) is 38.5 Å². The van der Waals surface area contributed by atoms with Crippen LogP contribution in [0.25, 0.3) is 10.2 Å². The molecular weight excluding hydrogens is 438 g/mol. The highest BCUT2D eigenvalue weighted by atomic mass is 35.5. The molecule has 0 spiro atoms. The molecule has 2 heterocycles. The molecule has 7 rings (SSSR count). The third-order valence-electron chi connectivity index (χ3n) is 8.43. The molecule has 4 saturated carbocycles. The van der Waals surface area contributed by atoms with Crippen molar-refractivity contribution in [1.82, 2.24) is 15.1 Å². The number of aromatic nitrogens is 2. The van der Waals surface area contributed by atoms with E-state index in [2.05, 4.69) is 12.2 Å². The zero-order valence-electron chi connectivity index (χ0n) is 18.7. The summed E-state index contributed by atoms with van der Waals surface area (Å²) in [4.78, 5) is 15.1. The van der Waals surface area contributed by atoms with Gasteiger partial charge >= 0.3 is 0 Å². The van der Waals surface area contributed by atoms with Crippen molar-refractivity contribution in [3.63, 3.8) is 0 Å². The molecule has 1 N–H and O–H groups in total. The van der Waals surface area contributed by atoms with Gasteiger partial charge in [0.1, 0.15) is 4.83 Å². The lowest BCUT2D eigenvalue weighted by atomic mass is 9.48. The van der Waals surface area contributed by atoms with Gasteiger partial charge in [-0.1, -0.05) is 23.7 Å². The number of aryl methyl sites for hydroxylation is 1. The Morgan fingerprint density at radius 2 is 1.81 bits per heavy atom. The van der Waals surface area contributed by atoms with Crippen LogP contribution in [-0.2, 0) is 6.54 Å². The number of hydrogen-bond donors (Lipinski definition) is 1. The Morgan fingerprint density at radius 3 is 2.44 bits per heavy atom. The topological polar surface area (TPSA) is 46.9 Å². The molecule has 6 heteroatoms. The second kappa shape index (κ2) is 7.59. The largest absolute Gasteiger partial charge is 0.348 e. The molecule has 4 aliphatic rings. The molecule has 4 nitrogen and oxygen atoms in total. The summed E-state index contributed by atoms with van der Waals surface area (Å²) in [6.07, 6.45) is 8.21. The van der Waals surface area contributed by atoms with Gasteiger partial charge in [-0.25, -0.2) is 0 Å². The lowest BCUT2D eigenvalue weighted by Gasteiger charge is -2.59. The Morgan fingerprint density at radius 1 is 1.19 bits per heavy atom. The quantitative estimate of drug-likeness (QED) is 0.469. The van der Waals surface area contributed by atoms with Gasteiger partial charge in [0, 0.05) is 16.5 Å². The maximum atomic E-state index is 13.3. The van der Waals surface area contributed by atoms with E-state index in [-0.39, 0.29) is 11.9 Å². The molecule has 0 aliphatic heterocycles. The number of thiophene rings is 1. The van der Waals surface area contributed by atoms with E-state index in [4.69, 9.17) is 16.7 Å². The number of fused-ring (bicyclic) bond motifs is 1. The van der Waals surface area contributed by atoms with Gasteiger partial charge in [-0.3, -0.25) is 9.48 Å². The van der Waals surface area contributed by atoms with Crippen molar-refractivity contribution in [2.24, 2.45) is 23.2 Å². The summed E-state index contributed by atoms with van der Waals surface area (Å²) in [6, 6.07) is 10.1. The van der Waals surface area contributed by atoms with Crippen molar-refractivity contribution >= 4 is 39.1 Å². The van der Waals surface area contributed by atoms with E-state index in [9.17, 15) is 4.79 Å². The molecule has 0 radical (unpaired) electrons. The molecule has 4 fully saturated rings. The minimum atomic E-state index is 0.0758. The number of halogens is 1. The fourth-order valence-electron chi connectivity index (χ4n) is 7.22. The van der Waals surface area contributed by atoms with E-state index in [0.29, 0.717) is 12.0 Å². The minimum absolute atomic E-state index is 0.0758. The zero-order chi connectivity index (χ0) is 22.0. The van der Waals surface area contributed by atoms with E-state index in [0.717, 1.165) is 49.1 Å². The number of rotatable bonds is 5. The predicted octanol–water partition coefficient (Wildman–Crippen LogP) is 6.44. The Balaban J connectivity index is 1.22. The van der Waals surface area contributed by atoms with Gasteiger partial charge in [0.25, 0.3) is 5.91 Å². The lowest BCUT2D eigenvalue weighted by molar-refractivity contribution is -0.0687. The molecule has 1 unspecified atom stereocenters. The van der Waals surface area contributed by atoms with Crippen LogP contribution in [-0.4, -0.2) is 21.7 Å². The monoisotopic (exact) mass is 467 g/mol. The van der Waals surface area contributed by atoms with Crippen LogP contribution in [0.4, 0.5) is 0 Å². The fourth-order valence-corrected chi connectivity index (χ4v) is 8.41. The number of benzene rings is 1. The van der Waals surface area contributed by atoms with Gasteiger partial charge < -0.3 is 5.32 Å². The number of nitrogens with one attached hydrogen (secondary N) is 1. The van der Waals surface area contributed by atoms with Crippen molar-refractivity contribution < 1.29 is 4.79 Å². The molecule has 4 aliphatic carbocycles. The Hall–Kier alpha value is -1.85. The predicted molar refractivity (Wildman–Crippen MR) is 130 cm³/mol. The first-order chi connectivity index (χ1) is 15.4. The van der Waals surface area contributed by atoms with Crippen LogP contribution in [0.2, 0.25) is 5.02 Å². The van der Waals surface area contributed by atoms with Crippen molar-refractivity contribution in [3.05, 3.63) is 51.5 Å². The van der Waals surface area contributed by atoms with Crippen LogP contribution in [0.5, 0.6) is 0 Å². The van der Waals surface area contributed by atoms with E-state index in [1.807, 2.05) is 41.9 Å². The van der Waals surface area contributed by atoms with Gasteiger partial charge in [0.2, 0.25) is 0 Å². The van der Waals surface area contributed by atoms with Gasteiger partial charge in [-0.2, -0.15) is 5.10 Å². The molecule has 1 amide bonds. The van der Waals surface area contributed by atoms with Crippen molar-refractivity contribution in [2.75, 3.05) is 0 Å². The molecule has 1 atom stereocenters. The summed E-state index contributed by atoms with van der Waals surface area (Å²) in [5, 5.41) is 9.96. The summed E-state index contributed by atoms with van der Waals surface area (Å²) in [5.41, 5.74) is 2.44. The van der Waals surface area contributed by atoms with Crippen molar-refractivity contribution in [2.45, 2.75) is 65.0 Å². The third kappa shape index (κ3) is 3.49. The first-order valence-electron chi connectivity index (χ1n) is 11.9. The van der Waals surface area contributed by atoms with E-state index >= 15 is 0 Å². The zero-order valence-corrected chi connectivity index (χ0v) is 20.3. The average Bonchev–Trinajstić information content (AvgIpc) is 3.30. The fraction of sp³-hybridized carbons (Fsp3) is 0.538. The molecule has 3 aromatic rings. The Kier molecular flexibility index (Phi) is 4.92. The van der Waals surface area contributed by atoms with E-state index < -0.39 is 0 Å². The molecular formula is C26H30ClN3OS. The summed E-state index contributed by atoms with van der Waals surface area (Å²) >= 11 is 7.58. The highest BCUT2D eigenvalue weighted by molar-refractivity contribution is 7.20. The summed E-state index contributed by atoms with van der Waals surface area (Å²) in [6.45, 7) is 4.95. The van der Waals surface area contributed by atoms with Crippen LogP contribution in [0.1, 0.15) is 66.4 Å². The van der Waals surface area contributed by atoms with Crippen molar-refractivity contribution in [3.8, 4) is 0 Å². The number of carbonyl (C=O) groups excluding carboxylic acids is 1. The van der Waals surface area contributed by atoms with Gasteiger partial charge in [-0.05, 0) is 99.3 Å². The smallest absolute Gasteiger partial charge is 0.261 e. The molecule has 2 aromatic heterocycles. The molecule has 1 aromatic carbocycles. The Labute approximate surface area is 198 Å². The molecule has 32 heavy (non-hydrogen) atoms. The first kappa shape index (κ1) is 20.7. The summed E-state index contributed by atoms with van der Waals surface area (Å²) in [7, 11) is 0. The summed E-state index contributed by atoms with van der Waals surface area (Å²) in [5.74, 6) is 2.76. The number of carbonyl (C=O) groups is 1. The minimum Gasteiger partial charge on any atom is -0.348 e. The SMILES string of the molecule is Cc1nn(Cc2ccc(Cl)cc2)c2sc(C(=O)NC(C)C34CC5CC(CC(C5)C3)C4)cc12. The first-order valence-corrected chi connectivity index (χ1v) is 13.1. The highest BCUT2D eigenvalue weighted by Gasteiger charge is 2.53. The third-order valence-corrected chi connectivity index (χ3v) is 9.83. The second-order valence-corrected chi connectivity index (χ2v) is 12.1. The van der Waals surface area contributed by atoms with Crippen LogP contribution in [0.15, 0.2) is 30.3 Å².